The zero-order valence-corrected chi connectivity index (χ0v) is 12.9. The van der Waals surface area contributed by atoms with Crippen molar-refractivity contribution in [3.63, 3.8) is 0 Å². The number of sulfonamides is 1. The molecule has 0 saturated heterocycles. The number of benzene rings is 2. The van der Waals surface area contributed by atoms with E-state index >= 15 is 0 Å². The molecule has 0 radical (unpaired) electrons. The molecule has 6 heteroatoms. The summed E-state index contributed by atoms with van der Waals surface area (Å²) in [4.78, 5) is 11.6. The van der Waals surface area contributed by atoms with Crippen molar-refractivity contribution < 1.29 is 13.2 Å². The minimum Gasteiger partial charge on any atom is -0.279 e. The van der Waals surface area contributed by atoms with Gasteiger partial charge >= 0.3 is 0 Å². The number of carbonyl (C=O) groups is 1. The van der Waals surface area contributed by atoms with Gasteiger partial charge in [0.1, 0.15) is 6.04 Å². The maximum Gasteiger partial charge on any atom is 0.244 e. The summed E-state index contributed by atoms with van der Waals surface area (Å²) < 4.78 is 27.0. The van der Waals surface area contributed by atoms with Gasteiger partial charge in [0.05, 0.1) is 4.90 Å². The van der Waals surface area contributed by atoms with Gasteiger partial charge in [0.15, 0.2) is 0 Å². The first-order valence-corrected chi connectivity index (χ1v) is 8.09. The normalized spacial score (nSPS) is 12.9. The maximum atomic E-state index is 12.3. The van der Waals surface area contributed by atoms with Crippen LogP contribution in [0.4, 0.5) is 0 Å². The van der Waals surface area contributed by atoms with E-state index in [4.69, 9.17) is 11.6 Å². The fourth-order valence-corrected chi connectivity index (χ4v) is 3.26. The highest BCUT2D eigenvalue weighted by molar-refractivity contribution is 7.89. The molecule has 1 N–H and O–H groups in total. The van der Waals surface area contributed by atoms with Gasteiger partial charge in [-0.2, -0.15) is 4.72 Å². The summed E-state index contributed by atoms with van der Waals surface area (Å²) in [6.45, 7) is 1.86. The molecule has 0 unspecified atom stereocenters. The topological polar surface area (TPSA) is 63.2 Å². The molecule has 1 atom stereocenters. The maximum absolute atomic E-state index is 12.3. The Morgan fingerprint density at radius 1 is 1.05 bits per heavy atom. The predicted octanol–water partition coefficient (Wildman–Crippen LogP) is 2.78. The van der Waals surface area contributed by atoms with Crippen molar-refractivity contribution in [2.75, 3.05) is 0 Å². The lowest BCUT2D eigenvalue weighted by Gasteiger charge is -2.15. The summed E-state index contributed by atoms with van der Waals surface area (Å²) in [5.74, 6) is 0. The van der Waals surface area contributed by atoms with Crippen LogP contribution in [0.2, 0.25) is 0 Å². The summed E-state index contributed by atoms with van der Waals surface area (Å²) >= 11 is 5.53. The second-order valence-corrected chi connectivity index (χ2v) is 6.67. The average molecular weight is 324 g/mol. The third kappa shape index (κ3) is 3.91. The molecular weight excluding hydrogens is 310 g/mol. The molecule has 110 valence electrons. The van der Waals surface area contributed by atoms with Crippen LogP contribution in [-0.2, 0) is 14.8 Å². The Balaban J connectivity index is 2.32. The zero-order chi connectivity index (χ0) is 15.5. The molecule has 0 aliphatic carbocycles. The minimum atomic E-state index is -3.82. The molecule has 2 rings (SSSR count). The fraction of sp³-hybridized carbons (Fsp3) is 0.133. The summed E-state index contributed by atoms with van der Waals surface area (Å²) in [5.41, 5.74) is 1.44. The summed E-state index contributed by atoms with van der Waals surface area (Å²) in [6.07, 6.45) is 0. The molecule has 2 aromatic carbocycles. The lowest BCUT2D eigenvalue weighted by molar-refractivity contribution is -0.113. The van der Waals surface area contributed by atoms with E-state index in [1.54, 1.807) is 42.5 Å². The first-order chi connectivity index (χ1) is 9.90. The van der Waals surface area contributed by atoms with Crippen LogP contribution >= 0.6 is 11.6 Å². The molecule has 21 heavy (non-hydrogen) atoms. The number of nitrogens with one attached hydrogen (secondary N) is 1. The lowest BCUT2D eigenvalue weighted by Crippen LogP contribution is -2.32. The van der Waals surface area contributed by atoms with Crippen LogP contribution in [0, 0.1) is 6.92 Å². The number of halogens is 1. The van der Waals surface area contributed by atoms with Gasteiger partial charge < -0.3 is 0 Å². The number of carbonyl (C=O) groups excluding carboxylic acids is 1. The molecule has 0 aliphatic rings. The van der Waals surface area contributed by atoms with Gasteiger partial charge in [-0.25, -0.2) is 8.42 Å². The molecule has 4 nitrogen and oxygen atoms in total. The highest BCUT2D eigenvalue weighted by atomic mass is 35.5. The van der Waals surface area contributed by atoms with Crippen molar-refractivity contribution in [2.45, 2.75) is 17.9 Å². The van der Waals surface area contributed by atoms with E-state index in [1.165, 1.54) is 12.1 Å². The lowest BCUT2D eigenvalue weighted by atomic mass is 10.1. The third-order valence-corrected chi connectivity index (χ3v) is 4.62. The smallest absolute Gasteiger partial charge is 0.244 e. The zero-order valence-electron chi connectivity index (χ0n) is 11.3. The van der Waals surface area contributed by atoms with Gasteiger partial charge in [0, 0.05) is 0 Å². The Morgan fingerprint density at radius 3 is 2.14 bits per heavy atom. The van der Waals surface area contributed by atoms with Crippen LogP contribution in [0.3, 0.4) is 0 Å². The number of hydrogen-bond donors (Lipinski definition) is 1. The van der Waals surface area contributed by atoms with Crippen LogP contribution in [0.15, 0.2) is 59.5 Å². The van der Waals surface area contributed by atoms with Gasteiger partial charge in [-0.15, -0.1) is 0 Å². The second kappa shape index (κ2) is 6.39. The van der Waals surface area contributed by atoms with Crippen molar-refractivity contribution in [3.05, 3.63) is 65.7 Å². The fourth-order valence-electron chi connectivity index (χ4n) is 1.83. The monoisotopic (exact) mass is 323 g/mol. The van der Waals surface area contributed by atoms with Crippen LogP contribution in [0.1, 0.15) is 17.2 Å². The number of aryl methyl sites for hydroxylation is 1. The Kier molecular flexibility index (Phi) is 4.77. The van der Waals surface area contributed by atoms with Gasteiger partial charge in [0.2, 0.25) is 15.3 Å². The molecule has 0 aromatic heterocycles. The standard InChI is InChI=1S/C15H14ClNO3S/c1-11-7-9-13(10-8-11)21(19,20)17-14(15(16)18)12-5-3-2-4-6-12/h2-10,14,17H,1H3/t14-/m1/s1. The van der Waals surface area contributed by atoms with Crippen LogP contribution in [-0.4, -0.2) is 13.7 Å². The van der Waals surface area contributed by atoms with E-state index in [0.717, 1.165) is 5.56 Å². The van der Waals surface area contributed by atoms with Crippen molar-refractivity contribution in [1.29, 1.82) is 0 Å². The molecule has 0 heterocycles. The molecule has 0 aliphatic heterocycles. The van der Waals surface area contributed by atoms with Crippen molar-refractivity contribution >= 4 is 26.9 Å². The summed E-state index contributed by atoms with van der Waals surface area (Å²) in [5, 5.41) is -0.781. The highest BCUT2D eigenvalue weighted by Gasteiger charge is 2.25. The molecule has 0 fully saturated rings. The van der Waals surface area contributed by atoms with Gasteiger partial charge in [-0.05, 0) is 36.2 Å². The van der Waals surface area contributed by atoms with Gasteiger partial charge in [0.25, 0.3) is 0 Å². The second-order valence-electron chi connectivity index (χ2n) is 4.58. The largest absolute Gasteiger partial charge is 0.279 e. The minimum absolute atomic E-state index is 0.0898. The SMILES string of the molecule is Cc1ccc(S(=O)(=O)N[C@@H](C(=O)Cl)c2ccccc2)cc1. The molecule has 0 saturated carbocycles. The van der Waals surface area contributed by atoms with E-state index < -0.39 is 21.3 Å². The summed E-state index contributed by atoms with van der Waals surface area (Å²) in [6, 6.07) is 13.7. The highest BCUT2D eigenvalue weighted by Crippen LogP contribution is 2.19. The first-order valence-electron chi connectivity index (χ1n) is 6.23. The van der Waals surface area contributed by atoms with Crippen LogP contribution in [0.5, 0.6) is 0 Å². The Bertz CT molecular complexity index is 727. The molecule has 0 amide bonds. The van der Waals surface area contributed by atoms with E-state index in [0.29, 0.717) is 5.56 Å². The number of rotatable bonds is 5. The summed E-state index contributed by atoms with van der Waals surface area (Å²) in [7, 11) is -3.82. The Hall–Kier alpha value is -1.69. The van der Waals surface area contributed by atoms with Gasteiger partial charge in [-0.1, -0.05) is 48.0 Å². The number of hydrogen-bond acceptors (Lipinski definition) is 3. The Morgan fingerprint density at radius 2 is 1.62 bits per heavy atom. The molecular formula is C15H14ClNO3S. The molecule has 2 aromatic rings. The van der Waals surface area contributed by atoms with E-state index in [1.807, 2.05) is 6.92 Å². The van der Waals surface area contributed by atoms with Crippen LogP contribution < -0.4 is 4.72 Å². The average Bonchev–Trinajstić information content (AvgIpc) is 2.46. The van der Waals surface area contributed by atoms with Crippen molar-refractivity contribution in [3.8, 4) is 0 Å². The molecule has 0 bridgehead atoms. The quantitative estimate of drug-likeness (QED) is 0.861. The Labute approximate surface area is 128 Å². The molecule has 0 spiro atoms. The van der Waals surface area contributed by atoms with E-state index in [2.05, 4.69) is 4.72 Å². The van der Waals surface area contributed by atoms with E-state index in [9.17, 15) is 13.2 Å². The van der Waals surface area contributed by atoms with E-state index in [-0.39, 0.29) is 4.90 Å². The van der Waals surface area contributed by atoms with Gasteiger partial charge in [-0.3, -0.25) is 4.79 Å². The van der Waals surface area contributed by atoms with Crippen molar-refractivity contribution in [1.82, 2.24) is 4.72 Å². The third-order valence-electron chi connectivity index (χ3n) is 2.96. The van der Waals surface area contributed by atoms with Crippen LogP contribution in [0.25, 0.3) is 0 Å². The first kappa shape index (κ1) is 15.7. The van der Waals surface area contributed by atoms with Crippen molar-refractivity contribution in [2.24, 2.45) is 0 Å². The predicted molar refractivity (Wildman–Crippen MR) is 81.5 cm³/mol.